The van der Waals surface area contributed by atoms with Gasteiger partial charge < -0.3 is 10.5 Å². The fourth-order valence-corrected chi connectivity index (χ4v) is 2.32. The van der Waals surface area contributed by atoms with E-state index in [0.717, 1.165) is 16.8 Å². The van der Waals surface area contributed by atoms with Gasteiger partial charge in [-0.1, -0.05) is 0 Å². The van der Waals surface area contributed by atoms with Crippen LogP contribution in [0, 0.1) is 6.92 Å². The summed E-state index contributed by atoms with van der Waals surface area (Å²) >= 11 is 0. The molecule has 0 bridgehead atoms. The summed E-state index contributed by atoms with van der Waals surface area (Å²) < 4.78 is 4.84. The molecule has 24 heavy (non-hydrogen) atoms. The fraction of sp³-hybridized carbons (Fsp3) is 0.111. The summed E-state index contributed by atoms with van der Waals surface area (Å²) in [7, 11) is 1.32. The topological polar surface area (TPSA) is 91.0 Å². The second-order valence-corrected chi connectivity index (χ2v) is 5.24. The van der Waals surface area contributed by atoms with Gasteiger partial charge in [-0.2, -0.15) is 0 Å². The van der Waals surface area contributed by atoms with Crippen molar-refractivity contribution in [3.63, 3.8) is 0 Å². The highest BCUT2D eigenvalue weighted by Gasteiger charge is 2.18. The van der Waals surface area contributed by atoms with Crippen molar-refractivity contribution in [2.45, 2.75) is 6.92 Å². The first-order valence-electron chi connectivity index (χ1n) is 7.32. The van der Waals surface area contributed by atoms with Gasteiger partial charge in [0.05, 0.1) is 29.7 Å². The third-order valence-corrected chi connectivity index (χ3v) is 3.61. The second kappa shape index (κ2) is 6.45. The van der Waals surface area contributed by atoms with Crippen LogP contribution < -0.4 is 5.73 Å². The minimum Gasteiger partial charge on any atom is -0.465 e. The Labute approximate surface area is 139 Å². The Morgan fingerprint density at radius 1 is 1.17 bits per heavy atom. The van der Waals surface area contributed by atoms with Gasteiger partial charge in [0.1, 0.15) is 0 Å². The van der Waals surface area contributed by atoms with E-state index in [1.54, 1.807) is 30.7 Å². The molecule has 120 valence electrons. The Morgan fingerprint density at radius 3 is 2.62 bits per heavy atom. The molecular weight excluding hydrogens is 304 g/mol. The summed E-state index contributed by atoms with van der Waals surface area (Å²) in [6, 6.07) is 9.02. The number of anilines is 1. The maximum Gasteiger partial charge on any atom is 0.340 e. The molecule has 3 aromatic heterocycles. The molecule has 0 amide bonds. The van der Waals surface area contributed by atoms with Gasteiger partial charge in [-0.15, -0.1) is 0 Å². The molecule has 0 aromatic carbocycles. The van der Waals surface area contributed by atoms with Gasteiger partial charge in [-0.3, -0.25) is 9.97 Å². The monoisotopic (exact) mass is 320 g/mol. The number of nitrogens with two attached hydrogens (primary N) is 1. The van der Waals surface area contributed by atoms with E-state index in [1.807, 2.05) is 25.1 Å². The van der Waals surface area contributed by atoms with Crippen LogP contribution in [-0.2, 0) is 4.74 Å². The maximum atomic E-state index is 12.1. The first kappa shape index (κ1) is 15.6. The van der Waals surface area contributed by atoms with E-state index < -0.39 is 5.97 Å². The smallest absolute Gasteiger partial charge is 0.340 e. The normalized spacial score (nSPS) is 10.4. The Hall–Kier alpha value is -3.28. The highest BCUT2D eigenvalue weighted by Crippen LogP contribution is 2.31. The first-order chi connectivity index (χ1) is 11.6. The number of ether oxygens (including phenoxy) is 1. The average Bonchev–Trinajstić information content (AvgIpc) is 2.63. The Bertz CT molecular complexity index is 878. The largest absolute Gasteiger partial charge is 0.465 e. The predicted molar refractivity (Wildman–Crippen MR) is 91.2 cm³/mol. The highest BCUT2D eigenvalue weighted by molar-refractivity contribution is 5.99. The van der Waals surface area contributed by atoms with Crippen molar-refractivity contribution in [1.82, 2.24) is 15.0 Å². The van der Waals surface area contributed by atoms with E-state index in [9.17, 15) is 4.79 Å². The molecule has 0 unspecified atom stereocenters. The van der Waals surface area contributed by atoms with Crippen LogP contribution in [0.25, 0.3) is 22.5 Å². The molecular formula is C18H16N4O2. The predicted octanol–water partition coefficient (Wildman–Crippen LogP) is 2.88. The van der Waals surface area contributed by atoms with Crippen LogP contribution in [-0.4, -0.2) is 28.0 Å². The Kier molecular flexibility index (Phi) is 4.20. The number of rotatable bonds is 3. The second-order valence-electron chi connectivity index (χ2n) is 5.24. The summed E-state index contributed by atoms with van der Waals surface area (Å²) in [5, 5.41) is 0. The lowest BCUT2D eigenvalue weighted by Gasteiger charge is -2.12. The van der Waals surface area contributed by atoms with Crippen LogP contribution in [0.4, 0.5) is 5.69 Å². The van der Waals surface area contributed by atoms with Gasteiger partial charge in [0, 0.05) is 35.4 Å². The van der Waals surface area contributed by atoms with E-state index >= 15 is 0 Å². The van der Waals surface area contributed by atoms with Gasteiger partial charge in [-0.05, 0) is 37.3 Å². The molecule has 6 nitrogen and oxygen atoms in total. The van der Waals surface area contributed by atoms with Gasteiger partial charge in [0.2, 0.25) is 0 Å². The molecule has 0 radical (unpaired) electrons. The van der Waals surface area contributed by atoms with Crippen molar-refractivity contribution in [3.8, 4) is 22.5 Å². The van der Waals surface area contributed by atoms with Crippen molar-refractivity contribution in [2.24, 2.45) is 0 Å². The number of pyridine rings is 3. The van der Waals surface area contributed by atoms with Gasteiger partial charge in [0.15, 0.2) is 0 Å². The average molecular weight is 320 g/mol. The van der Waals surface area contributed by atoms with Crippen molar-refractivity contribution in [1.29, 1.82) is 0 Å². The summed E-state index contributed by atoms with van der Waals surface area (Å²) in [5.41, 5.74) is 10.2. The zero-order valence-electron chi connectivity index (χ0n) is 13.4. The number of carbonyl (C=O) groups is 1. The standard InChI is InChI=1S/C18H16N4O2/c1-11-5-6-12(10-21-11)15-8-14(18(23)24-2)16(19)17(22-15)13-4-3-7-20-9-13/h3-10H,19H2,1-2H3. The van der Waals surface area contributed by atoms with E-state index in [2.05, 4.69) is 15.0 Å². The van der Waals surface area contributed by atoms with Gasteiger partial charge in [0.25, 0.3) is 0 Å². The van der Waals surface area contributed by atoms with Crippen LogP contribution in [0.1, 0.15) is 16.1 Å². The molecule has 0 spiro atoms. The lowest BCUT2D eigenvalue weighted by atomic mass is 10.0. The lowest BCUT2D eigenvalue weighted by Crippen LogP contribution is -2.09. The van der Waals surface area contributed by atoms with Crippen molar-refractivity contribution < 1.29 is 9.53 Å². The Balaban J connectivity index is 2.23. The molecule has 0 saturated carbocycles. The van der Waals surface area contributed by atoms with Crippen LogP contribution in [0.15, 0.2) is 48.9 Å². The van der Waals surface area contributed by atoms with Crippen molar-refractivity contribution in [2.75, 3.05) is 12.8 Å². The number of aromatic nitrogens is 3. The van der Waals surface area contributed by atoms with Crippen LogP contribution in [0.3, 0.4) is 0 Å². The van der Waals surface area contributed by atoms with Crippen molar-refractivity contribution >= 4 is 11.7 Å². The third-order valence-electron chi connectivity index (χ3n) is 3.61. The quantitative estimate of drug-likeness (QED) is 0.746. The number of esters is 1. The van der Waals surface area contributed by atoms with Crippen LogP contribution >= 0.6 is 0 Å². The van der Waals surface area contributed by atoms with Gasteiger partial charge >= 0.3 is 5.97 Å². The summed E-state index contributed by atoms with van der Waals surface area (Å²) in [4.78, 5) is 25.1. The first-order valence-corrected chi connectivity index (χ1v) is 7.32. The number of nitrogens with zero attached hydrogens (tertiary/aromatic N) is 3. The van der Waals surface area contributed by atoms with E-state index in [0.29, 0.717) is 11.4 Å². The van der Waals surface area contributed by atoms with Crippen LogP contribution in [0.2, 0.25) is 0 Å². The summed E-state index contributed by atoms with van der Waals surface area (Å²) in [5.74, 6) is -0.513. The number of hydrogen-bond acceptors (Lipinski definition) is 6. The number of carbonyl (C=O) groups excluding carboxylic acids is 1. The van der Waals surface area contributed by atoms with E-state index in [1.165, 1.54) is 7.11 Å². The molecule has 6 heteroatoms. The van der Waals surface area contributed by atoms with Crippen LogP contribution in [0.5, 0.6) is 0 Å². The lowest BCUT2D eigenvalue weighted by molar-refractivity contribution is 0.0602. The zero-order valence-corrected chi connectivity index (χ0v) is 13.4. The molecule has 0 saturated heterocycles. The molecule has 3 rings (SSSR count). The molecule has 0 aliphatic rings. The van der Waals surface area contributed by atoms with E-state index in [-0.39, 0.29) is 11.3 Å². The van der Waals surface area contributed by atoms with E-state index in [4.69, 9.17) is 10.5 Å². The van der Waals surface area contributed by atoms with Crippen molar-refractivity contribution in [3.05, 3.63) is 60.2 Å². The minimum absolute atomic E-state index is 0.263. The molecule has 2 N–H and O–H groups in total. The Morgan fingerprint density at radius 2 is 2.00 bits per heavy atom. The number of aryl methyl sites for hydroxylation is 1. The number of nitrogen functional groups attached to an aromatic ring is 1. The SMILES string of the molecule is COC(=O)c1cc(-c2ccc(C)nc2)nc(-c2cccnc2)c1N. The molecule has 3 aromatic rings. The maximum absolute atomic E-state index is 12.1. The molecule has 0 aliphatic heterocycles. The number of hydrogen-bond donors (Lipinski definition) is 1. The molecule has 0 fully saturated rings. The summed E-state index contributed by atoms with van der Waals surface area (Å²) in [6.45, 7) is 1.90. The number of methoxy groups -OCH3 is 1. The molecule has 3 heterocycles. The minimum atomic E-state index is -0.513. The molecule has 0 aliphatic carbocycles. The fourth-order valence-electron chi connectivity index (χ4n) is 2.32. The van der Waals surface area contributed by atoms with Gasteiger partial charge in [-0.25, -0.2) is 9.78 Å². The highest BCUT2D eigenvalue weighted by atomic mass is 16.5. The summed E-state index contributed by atoms with van der Waals surface area (Å²) in [6.07, 6.45) is 5.02. The molecule has 0 atom stereocenters. The third kappa shape index (κ3) is 2.94. The zero-order chi connectivity index (χ0) is 17.1.